The van der Waals surface area contributed by atoms with E-state index < -0.39 is 0 Å². The van der Waals surface area contributed by atoms with Crippen molar-refractivity contribution in [2.24, 2.45) is 0 Å². The Balaban J connectivity index is 1.47. The lowest BCUT2D eigenvalue weighted by atomic mass is 10.1. The van der Waals surface area contributed by atoms with E-state index in [4.69, 9.17) is 9.47 Å². The minimum Gasteiger partial charge on any atom is -0.484 e. The first-order chi connectivity index (χ1) is 10.2. The number of nitrogens with one attached hydrogen (secondary N) is 1. The van der Waals surface area contributed by atoms with Crippen LogP contribution >= 0.6 is 0 Å². The molecule has 2 atom stereocenters. The molecule has 0 spiro atoms. The van der Waals surface area contributed by atoms with Crippen LogP contribution in [0.25, 0.3) is 0 Å². The molecule has 1 aromatic rings. The van der Waals surface area contributed by atoms with E-state index in [1.807, 2.05) is 13.0 Å². The molecule has 0 unspecified atom stereocenters. The summed E-state index contributed by atoms with van der Waals surface area (Å²) in [6.07, 6.45) is 5.75. The first kappa shape index (κ1) is 14.4. The molecule has 0 aromatic heterocycles. The van der Waals surface area contributed by atoms with Gasteiger partial charge < -0.3 is 14.8 Å². The van der Waals surface area contributed by atoms with Crippen molar-refractivity contribution < 1.29 is 14.3 Å². The molecule has 3 rings (SSSR count). The Hall–Kier alpha value is -1.55. The van der Waals surface area contributed by atoms with Crippen molar-refractivity contribution in [1.82, 2.24) is 5.32 Å². The van der Waals surface area contributed by atoms with E-state index in [0.29, 0.717) is 0 Å². The Morgan fingerprint density at radius 1 is 1.38 bits per heavy atom. The number of ether oxygens (including phenoxy) is 2. The van der Waals surface area contributed by atoms with Crippen molar-refractivity contribution in [1.29, 1.82) is 0 Å². The van der Waals surface area contributed by atoms with Gasteiger partial charge in [-0.2, -0.15) is 0 Å². The number of hydrogen-bond acceptors (Lipinski definition) is 3. The fraction of sp³-hybridized carbons (Fsp3) is 0.588. The number of carbonyl (C=O) groups excluding carboxylic acids is 1. The molecule has 0 radical (unpaired) electrons. The molecule has 4 heteroatoms. The number of fused-ring (bicyclic) bond motifs is 1. The largest absolute Gasteiger partial charge is 0.484 e. The third-order valence-electron chi connectivity index (χ3n) is 4.35. The normalized spacial score (nSPS) is 21.9. The van der Waals surface area contributed by atoms with E-state index in [1.165, 1.54) is 17.5 Å². The summed E-state index contributed by atoms with van der Waals surface area (Å²) in [4.78, 5) is 11.9. The van der Waals surface area contributed by atoms with Gasteiger partial charge in [0.2, 0.25) is 0 Å². The molecular weight excluding hydrogens is 266 g/mol. The van der Waals surface area contributed by atoms with Crippen LogP contribution in [0.2, 0.25) is 0 Å². The fourth-order valence-corrected chi connectivity index (χ4v) is 3.17. The van der Waals surface area contributed by atoms with Gasteiger partial charge in [0.1, 0.15) is 5.75 Å². The average Bonchev–Trinajstić information content (AvgIpc) is 3.15. The number of aryl methyl sites for hydroxylation is 2. The lowest BCUT2D eigenvalue weighted by Gasteiger charge is -2.20. The van der Waals surface area contributed by atoms with Gasteiger partial charge in [0, 0.05) is 6.61 Å². The summed E-state index contributed by atoms with van der Waals surface area (Å²) in [7, 11) is 0. The Morgan fingerprint density at radius 3 is 3.05 bits per heavy atom. The fourth-order valence-electron chi connectivity index (χ4n) is 3.17. The highest BCUT2D eigenvalue weighted by Crippen LogP contribution is 2.25. The summed E-state index contributed by atoms with van der Waals surface area (Å²) in [5, 5.41) is 2.96. The summed E-state index contributed by atoms with van der Waals surface area (Å²) in [6, 6.07) is 6.19. The van der Waals surface area contributed by atoms with Crippen LogP contribution < -0.4 is 10.1 Å². The molecular formula is C17H23NO3. The Morgan fingerprint density at radius 2 is 2.24 bits per heavy atom. The summed E-state index contributed by atoms with van der Waals surface area (Å²) in [6.45, 7) is 2.86. The summed E-state index contributed by atoms with van der Waals surface area (Å²) in [5.74, 6) is 0.703. The molecule has 0 saturated carbocycles. The van der Waals surface area contributed by atoms with Gasteiger partial charge in [0.05, 0.1) is 12.1 Å². The predicted octanol–water partition coefficient (Wildman–Crippen LogP) is 2.24. The van der Waals surface area contributed by atoms with Gasteiger partial charge in [-0.3, -0.25) is 4.79 Å². The molecule has 1 aromatic carbocycles. The number of amides is 1. The zero-order chi connectivity index (χ0) is 14.7. The van der Waals surface area contributed by atoms with Gasteiger partial charge in [-0.1, -0.05) is 6.07 Å². The zero-order valence-corrected chi connectivity index (χ0v) is 12.6. The van der Waals surface area contributed by atoms with Crippen LogP contribution in [0.4, 0.5) is 0 Å². The first-order valence-electron chi connectivity index (χ1n) is 7.88. The lowest BCUT2D eigenvalue weighted by molar-refractivity contribution is -0.124. The van der Waals surface area contributed by atoms with Gasteiger partial charge in [0.15, 0.2) is 6.61 Å². The smallest absolute Gasteiger partial charge is 0.258 e. The molecule has 1 N–H and O–H groups in total. The first-order valence-corrected chi connectivity index (χ1v) is 7.88. The van der Waals surface area contributed by atoms with Crippen LogP contribution in [-0.4, -0.2) is 31.3 Å². The van der Waals surface area contributed by atoms with E-state index in [2.05, 4.69) is 17.4 Å². The van der Waals surface area contributed by atoms with Crippen LogP contribution in [0, 0.1) is 0 Å². The van der Waals surface area contributed by atoms with Crippen LogP contribution in [0.15, 0.2) is 18.2 Å². The molecule has 114 valence electrons. The van der Waals surface area contributed by atoms with Crippen molar-refractivity contribution in [3.8, 4) is 5.75 Å². The molecule has 21 heavy (non-hydrogen) atoms. The second-order valence-corrected chi connectivity index (χ2v) is 5.98. The number of benzene rings is 1. The van der Waals surface area contributed by atoms with E-state index >= 15 is 0 Å². The van der Waals surface area contributed by atoms with Crippen LogP contribution in [0.5, 0.6) is 5.75 Å². The number of carbonyl (C=O) groups is 1. The zero-order valence-electron chi connectivity index (χ0n) is 12.6. The van der Waals surface area contributed by atoms with E-state index in [9.17, 15) is 4.79 Å². The van der Waals surface area contributed by atoms with Crippen molar-refractivity contribution >= 4 is 5.91 Å². The molecule has 1 fully saturated rings. The second kappa shape index (κ2) is 6.48. The molecule has 2 aliphatic rings. The van der Waals surface area contributed by atoms with E-state index in [1.54, 1.807) is 0 Å². The number of hydrogen-bond donors (Lipinski definition) is 1. The number of rotatable bonds is 5. The quantitative estimate of drug-likeness (QED) is 0.904. The Kier molecular flexibility index (Phi) is 4.44. The van der Waals surface area contributed by atoms with Gasteiger partial charge in [-0.05, 0) is 62.3 Å². The third kappa shape index (κ3) is 3.56. The van der Waals surface area contributed by atoms with Crippen LogP contribution in [-0.2, 0) is 22.4 Å². The average molecular weight is 289 g/mol. The van der Waals surface area contributed by atoms with Crippen molar-refractivity contribution in [2.75, 3.05) is 13.2 Å². The van der Waals surface area contributed by atoms with Crippen LogP contribution in [0.1, 0.15) is 37.3 Å². The van der Waals surface area contributed by atoms with E-state index in [-0.39, 0.29) is 24.7 Å². The molecule has 1 amide bonds. The third-order valence-corrected chi connectivity index (χ3v) is 4.35. The van der Waals surface area contributed by atoms with Crippen molar-refractivity contribution in [2.45, 2.75) is 51.2 Å². The molecule has 1 aliphatic carbocycles. The SMILES string of the molecule is C[C@H](NC(=O)COc1ccc2c(c1)CCC2)[C@H]1CCCO1. The van der Waals surface area contributed by atoms with Crippen molar-refractivity contribution in [3.63, 3.8) is 0 Å². The summed E-state index contributed by atoms with van der Waals surface area (Å²) in [5.41, 5.74) is 2.78. The standard InChI is InChI=1S/C17H23NO3/c1-12(16-6-3-9-20-16)18-17(19)11-21-15-8-7-13-4-2-5-14(13)10-15/h7-8,10,12,16H,2-6,9,11H2,1H3,(H,18,19)/t12-,16+/m0/s1. The van der Waals surface area contributed by atoms with Gasteiger partial charge in [-0.25, -0.2) is 0 Å². The Bertz CT molecular complexity index is 509. The van der Waals surface area contributed by atoms with Crippen molar-refractivity contribution in [3.05, 3.63) is 29.3 Å². The second-order valence-electron chi connectivity index (χ2n) is 5.98. The molecule has 0 bridgehead atoms. The topological polar surface area (TPSA) is 47.6 Å². The highest BCUT2D eigenvalue weighted by molar-refractivity contribution is 5.77. The van der Waals surface area contributed by atoms with Crippen LogP contribution in [0.3, 0.4) is 0 Å². The molecule has 1 saturated heterocycles. The van der Waals surface area contributed by atoms with E-state index in [0.717, 1.165) is 38.0 Å². The minimum absolute atomic E-state index is 0.0450. The van der Waals surface area contributed by atoms with Gasteiger partial charge in [-0.15, -0.1) is 0 Å². The maximum absolute atomic E-state index is 11.9. The minimum atomic E-state index is -0.0847. The molecule has 1 heterocycles. The lowest BCUT2D eigenvalue weighted by Crippen LogP contribution is -2.42. The monoisotopic (exact) mass is 289 g/mol. The summed E-state index contributed by atoms with van der Waals surface area (Å²) < 4.78 is 11.2. The maximum Gasteiger partial charge on any atom is 0.258 e. The molecule has 1 aliphatic heterocycles. The predicted molar refractivity (Wildman–Crippen MR) is 80.5 cm³/mol. The highest BCUT2D eigenvalue weighted by Gasteiger charge is 2.23. The molecule has 4 nitrogen and oxygen atoms in total. The van der Waals surface area contributed by atoms with Gasteiger partial charge in [0.25, 0.3) is 5.91 Å². The Labute approximate surface area is 125 Å². The highest BCUT2D eigenvalue weighted by atomic mass is 16.5. The maximum atomic E-state index is 11.9. The van der Waals surface area contributed by atoms with Gasteiger partial charge >= 0.3 is 0 Å². The summed E-state index contributed by atoms with van der Waals surface area (Å²) >= 11 is 0.